The Bertz CT molecular complexity index is 414. The monoisotopic (exact) mass is 277 g/mol. The number of urea groups is 1. The first-order valence-corrected chi connectivity index (χ1v) is 7.13. The molecular formula is C15H23N3O2. The standard InChI is InChI=1S/C15H23N3O2/c1-20-14-6-4-12(5-7-14)10-17-15(19)18-11-13-3-2-8-16-9-13/h4-7,13,16H,2-3,8-11H2,1H3,(H2,17,18,19). The molecule has 1 atom stereocenters. The summed E-state index contributed by atoms with van der Waals surface area (Å²) in [5.74, 6) is 1.37. The third-order valence-corrected chi connectivity index (χ3v) is 3.56. The van der Waals surface area contributed by atoms with Crippen LogP contribution < -0.4 is 20.7 Å². The molecule has 0 spiro atoms. The van der Waals surface area contributed by atoms with E-state index in [1.165, 1.54) is 12.8 Å². The molecule has 5 heteroatoms. The van der Waals surface area contributed by atoms with Crippen molar-refractivity contribution in [3.05, 3.63) is 29.8 Å². The van der Waals surface area contributed by atoms with Crippen LogP contribution in [0.4, 0.5) is 4.79 Å². The van der Waals surface area contributed by atoms with Crippen molar-refractivity contribution in [2.24, 2.45) is 5.92 Å². The lowest BCUT2D eigenvalue weighted by molar-refractivity contribution is 0.236. The Morgan fingerprint density at radius 3 is 2.80 bits per heavy atom. The molecule has 3 N–H and O–H groups in total. The SMILES string of the molecule is COc1ccc(CNC(=O)NCC2CCCNC2)cc1. The molecule has 1 aliphatic rings. The number of piperidine rings is 1. The number of methoxy groups -OCH3 is 1. The van der Waals surface area contributed by atoms with Crippen molar-refractivity contribution >= 4 is 6.03 Å². The Balaban J connectivity index is 1.66. The fourth-order valence-electron chi connectivity index (χ4n) is 2.32. The molecule has 0 radical (unpaired) electrons. The summed E-state index contributed by atoms with van der Waals surface area (Å²) >= 11 is 0. The van der Waals surface area contributed by atoms with Crippen LogP contribution in [-0.4, -0.2) is 32.8 Å². The Hall–Kier alpha value is -1.75. The van der Waals surface area contributed by atoms with E-state index < -0.39 is 0 Å². The number of ether oxygens (including phenoxy) is 1. The van der Waals surface area contributed by atoms with Crippen LogP contribution in [0.25, 0.3) is 0 Å². The highest BCUT2D eigenvalue weighted by Crippen LogP contribution is 2.11. The van der Waals surface area contributed by atoms with Gasteiger partial charge in [0.25, 0.3) is 0 Å². The van der Waals surface area contributed by atoms with Gasteiger partial charge in [-0.2, -0.15) is 0 Å². The molecule has 2 rings (SSSR count). The van der Waals surface area contributed by atoms with Gasteiger partial charge < -0.3 is 20.7 Å². The summed E-state index contributed by atoms with van der Waals surface area (Å²) in [4.78, 5) is 11.7. The molecule has 1 fully saturated rings. The first-order chi connectivity index (χ1) is 9.78. The van der Waals surface area contributed by atoms with E-state index in [1.54, 1.807) is 7.11 Å². The van der Waals surface area contributed by atoms with Crippen molar-refractivity contribution in [3.63, 3.8) is 0 Å². The zero-order valence-corrected chi connectivity index (χ0v) is 11.9. The normalized spacial score (nSPS) is 18.4. The molecule has 5 nitrogen and oxygen atoms in total. The Labute approximate surface area is 120 Å². The third kappa shape index (κ3) is 4.74. The summed E-state index contributed by atoms with van der Waals surface area (Å²) in [7, 11) is 1.64. The average Bonchev–Trinajstić information content (AvgIpc) is 2.52. The molecular weight excluding hydrogens is 254 g/mol. The molecule has 1 aliphatic heterocycles. The largest absolute Gasteiger partial charge is 0.497 e. The van der Waals surface area contributed by atoms with E-state index in [4.69, 9.17) is 4.74 Å². The van der Waals surface area contributed by atoms with Gasteiger partial charge in [0.1, 0.15) is 5.75 Å². The van der Waals surface area contributed by atoms with Crippen molar-refractivity contribution in [2.45, 2.75) is 19.4 Å². The van der Waals surface area contributed by atoms with Crippen molar-refractivity contribution < 1.29 is 9.53 Å². The smallest absolute Gasteiger partial charge is 0.315 e. The molecule has 1 aromatic rings. The highest BCUT2D eigenvalue weighted by Gasteiger charge is 2.13. The number of carbonyl (C=O) groups excluding carboxylic acids is 1. The van der Waals surface area contributed by atoms with Crippen molar-refractivity contribution in [1.82, 2.24) is 16.0 Å². The second kappa shape index (κ2) is 7.75. The lowest BCUT2D eigenvalue weighted by atomic mass is 10.00. The first-order valence-electron chi connectivity index (χ1n) is 7.13. The minimum Gasteiger partial charge on any atom is -0.497 e. The maximum absolute atomic E-state index is 11.7. The minimum atomic E-state index is -0.105. The maximum Gasteiger partial charge on any atom is 0.315 e. The van der Waals surface area contributed by atoms with E-state index in [1.807, 2.05) is 24.3 Å². The zero-order valence-electron chi connectivity index (χ0n) is 11.9. The number of carbonyl (C=O) groups is 1. The van der Waals surface area contributed by atoms with Crippen LogP contribution in [0.1, 0.15) is 18.4 Å². The van der Waals surface area contributed by atoms with Gasteiger partial charge in [0, 0.05) is 13.1 Å². The van der Waals surface area contributed by atoms with Gasteiger partial charge in [-0.25, -0.2) is 4.79 Å². The van der Waals surface area contributed by atoms with Crippen LogP contribution >= 0.6 is 0 Å². The molecule has 0 aromatic heterocycles. The number of rotatable bonds is 5. The fourth-order valence-corrected chi connectivity index (χ4v) is 2.32. The Morgan fingerprint density at radius 1 is 1.35 bits per heavy atom. The summed E-state index contributed by atoms with van der Waals surface area (Å²) in [5, 5.41) is 9.14. The quantitative estimate of drug-likeness (QED) is 0.764. The molecule has 110 valence electrons. The molecule has 1 aromatic carbocycles. The third-order valence-electron chi connectivity index (χ3n) is 3.56. The maximum atomic E-state index is 11.7. The molecule has 2 amide bonds. The van der Waals surface area contributed by atoms with E-state index in [9.17, 15) is 4.79 Å². The van der Waals surface area contributed by atoms with Crippen LogP contribution in [0.3, 0.4) is 0 Å². The van der Waals surface area contributed by atoms with Crippen molar-refractivity contribution in [3.8, 4) is 5.75 Å². The second-order valence-electron chi connectivity index (χ2n) is 5.12. The summed E-state index contributed by atoms with van der Waals surface area (Å²) in [6.45, 7) is 3.36. The number of hydrogen-bond acceptors (Lipinski definition) is 3. The number of nitrogens with one attached hydrogen (secondary N) is 3. The Kier molecular flexibility index (Phi) is 5.68. The second-order valence-corrected chi connectivity index (χ2v) is 5.12. The number of hydrogen-bond donors (Lipinski definition) is 3. The molecule has 1 heterocycles. The molecule has 1 saturated heterocycles. The lowest BCUT2D eigenvalue weighted by Crippen LogP contribution is -2.41. The summed E-state index contributed by atoms with van der Waals surface area (Å²) < 4.78 is 5.09. The lowest BCUT2D eigenvalue weighted by Gasteiger charge is -2.22. The van der Waals surface area contributed by atoms with Crippen LogP contribution in [0.5, 0.6) is 5.75 Å². The molecule has 0 saturated carbocycles. The predicted molar refractivity (Wildman–Crippen MR) is 78.8 cm³/mol. The van der Waals surface area contributed by atoms with E-state index >= 15 is 0 Å². The van der Waals surface area contributed by atoms with Crippen LogP contribution in [0.15, 0.2) is 24.3 Å². The van der Waals surface area contributed by atoms with Crippen molar-refractivity contribution in [1.29, 1.82) is 0 Å². The molecule has 20 heavy (non-hydrogen) atoms. The van der Waals surface area contributed by atoms with Crippen LogP contribution in [0.2, 0.25) is 0 Å². The summed E-state index contributed by atoms with van der Waals surface area (Å²) in [6.07, 6.45) is 2.38. The van der Waals surface area contributed by atoms with E-state index in [0.29, 0.717) is 12.5 Å². The fraction of sp³-hybridized carbons (Fsp3) is 0.533. The summed E-state index contributed by atoms with van der Waals surface area (Å²) in [5.41, 5.74) is 1.06. The highest BCUT2D eigenvalue weighted by atomic mass is 16.5. The Morgan fingerprint density at radius 2 is 2.15 bits per heavy atom. The number of benzene rings is 1. The van der Waals surface area contributed by atoms with E-state index in [2.05, 4.69) is 16.0 Å². The van der Waals surface area contributed by atoms with Gasteiger partial charge in [-0.15, -0.1) is 0 Å². The van der Waals surface area contributed by atoms with Gasteiger partial charge in [-0.05, 0) is 49.5 Å². The molecule has 0 aliphatic carbocycles. The topological polar surface area (TPSA) is 62.4 Å². The van der Waals surface area contributed by atoms with Gasteiger partial charge in [-0.3, -0.25) is 0 Å². The van der Waals surface area contributed by atoms with Gasteiger partial charge >= 0.3 is 6.03 Å². The van der Waals surface area contributed by atoms with E-state index in [0.717, 1.165) is 30.9 Å². The molecule has 1 unspecified atom stereocenters. The van der Waals surface area contributed by atoms with Crippen molar-refractivity contribution in [2.75, 3.05) is 26.7 Å². The average molecular weight is 277 g/mol. The van der Waals surface area contributed by atoms with E-state index in [-0.39, 0.29) is 6.03 Å². The van der Waals surface area contributed by atoms with Gasteiger partial charge in [0.15, 0.2) is 0 Å². The first kappa shape index (κ1) is 14.7. The van der Waals surface area contributed by atoms with Gasteiger partial charge in [0.2, 0.25) is 0 Å². The zero-order chi connectivity index (χ0) is 14.2. The van der Waals surface area contributed by atoms with Crippen LogP contribution in [0, 0.1) is 5.92 Å². The minimum absolute atomic E-state index is 0.105. The van der Waals surface area contributed by atoms with Gasteiger partial charge in [-0.1, -0.05) is 12.1 Å². The van der Waals surface area contributed by atoms with Gasteiger partial charge in [0.05, 0.1) is 7.11 Å². The molecule has 0 bridgehead atoms. The number of amides is 2. The summed E-state index contributed by atoms with van der Waals surface area (Å²) in [6, 6.07) is 7.57. The van der Waals surface area contributed by atoms with Crippen LogP contribution in [-0.2, 0) is 6.54 Å². The highest BCUT2D eigenvalue weighted by molar-refractivity contribution is 5.73. The predicted octanol–water partition coefficient (Wildman–Crippen LogP) is 1.49.